The second kappa shape index (κ2) is 10.2. The van der Waals surface area contributed by atoms with Gasteiger partial charge in [-0.25, -0.2) is 0 Å². The molecule has 9 nitrogen and oxygen atoms in total. The van der Waals surface area contributed by atoms with E-state index in [0.717, 1.165) is 18.8 Å². The number of carbonyl (C=O) groups excluding carboxylic acids is 3. The Morgan fingerprint density at radius 2 is 1.70 bits per heavy atom. The van der Waals surface area contributed by atoms with Gasteiger partial charge in [0.25, 0.3) is 5.91 Å². The summed E-state index contributed by atoms with van der Waals surface area (Å²) in [4.78, 5) is 39.6. The number of hydrogen-bond acceptors (Lipinski definition) is 7. The van der Waals surface area contributed by atoms with Crippen LogP contribution in [0.3, 0.4) is 0 Å². The maximum absolute atomic E-state index is 12.3. The van der Waals surface area contributed by atoms with Crippen molar-refractivity contribution in [1.82, 2.24) is 4.90 Å². The van der Waals surface area contributed by atoms with Crippen LogP contribution in [0.25, 0.3) is 0 Å². The first-order chi connectivity index (χ1) is 14.4. The van der Waals surface area contributed by atoms with E-state index >= 15 is 0 Å². The third-order valence-corrected chi connectivity index (χ3v) is 5.37. The summed E-state index contributed by atoms with van der Waals surface area (Å²) in [5, 5.41) is 7.57. The zero-order valence-corrected chi connectivity index (χ0v) is 17.5. The topological polar surface area (TPSA) is 117 Å². The van der Waals surface area contributed by atoms with Gasteiger partial charge in [0.2, 0.25) is 11.8 Å². The van der Waals surface area contributed by atoms with Crippen LogP contribution < -0.4 is 21.3 Å². The van der Waals surface area contributed by atoms with Gasteiger partial charge in [0.05, 0.1) is 31.9 Å². The number of ether oxygens (including phenoxy) is 1. The van der Waals surface area contributed by atoms with Crippen LogP contribution in [0.5, 0.6) is 0 Å². The van der Waals surface area contributed by atoms with Crippen molar-refractivity contribution in [2.45, 2.75) is 0 Å². The number of carbonyl (C=O) groups is 3. The molecule has 1 saturated heterocycles. The summed E-state index contributed by atoms with van der Waals surface area (Å²) < 4.78 is 5.36. The van der Waals surface area contributed by atoms with Crippen molar-refractivity contribution in [3.05, 3.63) is 41.3 Å². The maximum Gasteiger partial charge on any atom is 0.251 e. The van der Waals surface area contributed by atoms with Crippen LogP contribution >= 0.6 is 11.3 Å². The van der Waals surface area contributed by atoms with Gasteiger partial charge in [-0.2, -0.15) is 0 Å². The second-order valence-electron chi connectivity index (χ2n) is 6.94. The number of hydrogen-bond donors (Lipinski definition) is 3. The van der Waals surface area contributed by atoms with Crippen molar-refractivity contribution in [1.29, 1.82) is 0 Å². The van der Waals surface area contributed by atoms with Gasteiger partial charge in [-0.3, -0.25) is 19.3 Å². The van der Waals surface area contributed by atoms with Crippen LogP contribution in [0.15, 0.2) is 35.7 Å². The number of nitrogens with two attached hydrogens (primary N) is 1. The van der Waals surface area contributed by atoms with Crippen LogP contribution in [0, 0.1) is 0 Å². The number of nitrogens with zero attached hydrogens (tertiary/aromatic N) is 2. The molecule has 2 heterocycles. The van der Waals surface area contributed by atoms with Crippen molar-refractivity contribution in [3.8, 4) is 0 Å². The standard InChI is InChI=1S/C20H25N5O4S/c1-24(13-18(27)23-20-16(19(21)28)6-11-30-20)12-17(26)22-14-2-4-15(5-3-14)25-7-9-29-10-8-25/h2-6,11H,7-10,12-13H2,1H3,(H2,21,28)(H,22,26)(H,23,27). The summed E-state index contributed by atoms with van der Waals surface area (Å²) in [5.41, 5.74) is 7.33. The molecule has 0 atom stereocenters. The Morgan fingerprint density at radius 1 is 1.07 bits per heavy atom. The molecule has 1 fully saturated rings. The third kappa shape index (κ3) is 6.02. The number of amides is 3. The zero-order valence-electron chi connectivity index (χ0n) is 16.7. The number of thiophene rings is 1. The van der Waals surface area contributed by atoms with E-state index in [4.69, 9.17) is 10.5 Å². The lowest BCUT2D eigenvalue weighted by Gasteiger charge is -2.28. The quantitative estimate of drug-likeness (QED) is 0.578. The van der Waals surface area contributed by atoms with Gasteiger partial charge in [-0.1, -0.05) is 0 Å². The average molecular weight is 432 g/mol. The summed E-state index contributed by atoms with van der Waals surface area (Å²) in [6, 6.07) is 9.21. The van der Waals surface area contributed by atoms with Gasteiger partial charge in [-0.15, -0.1) is 11.3 Å². The van der Waals surface area contributed by atoms with Gasteiger partial charge >= 0.3 is 0 Å². The summed E-state index contributed by atoms with van der Waals surface area (Å²) >= 11 is 1.22. The Bertz CT molecular complexity index is 893. The smallest absolute Gasteiger partial charge is 0.251 e. The predicted molar refractivity (Wildman–Crippen MR) is 117 cm³/mol. The van der Waals surface area contributed by atoms with Crippen molar-refractivity contribution in [2.75, 3.05) is 62.0 Å². The zero-order chi connectivity index (χ0) is 21.5. The molecule has 30 heavy (non-hydrogen) atoms. The molecule has 0 aliphatic carbocycles. The summed E-state index contributed by atoms with van der Waals surface area (Å²) in [6.07, 6.45) is 0. The average Bonchev–Trinajstić information content (AvgIpc) is 3.17. The monoisotopic (exact) mass is 431 g/mol. The Hall–Kier alpha value is -2.95. The lowest BCUT2D eigenvalue weighted by Crippen LogP contribution is -2.36. The van der Waals surface area contributed by atoms with Crippen LogP contribution in [0.1, 0.15) is 10.4 Å². The van der Waals surface area contributed by atoms with E-state index < -0.39 is 5.91 Å². The van der Waals surface area contributed by atoms with Crippen molar-refractivity contribution < 1.29 is 19.1 Å². The second-order valence-corrected chi connectivity index (χ2v) is 7.86. The number of nitrogens with one attached hydrogen (secondary N) is 2. The highest BCUT2D eigenvalue weighted by Gasteiger charge is 2.16. The predicted octanol–water partition coefficient (Wildman–Crippen LogP) is 1.19. The molecule has 1 aliphatic rings. The number of morpholine rings is 1. The van der Waals surface area contributed by atoms with Crippen molar-refractivity contribution >= 4 is 45.4 Å². The minimum Gasteiger partial charge on any atom is -0.378 e. The largest absolute Gasteiger partial charge is 0.378 e. The summed E-state index contributed by atoms with van der Waals surface area (Å²) in [5.74, 6) is -1.15. The molecular weight excluding hydrogens is 406 g/mol. The first kappa shape index (κ1) is 21.8. The molecule has 0 unspecified atom stereocenters. The molecule has 1 aliphatic heterocycles. The molecule has 10 heteroatoms. The van der Waals surface area contributed by atoms with Crippen LogP contribution in [-0.2, 0) is 14.3 Å². The van der Waals surface area contributed by atoms with E-state index in [0.29, 0.717) is 23.9 Å². The van der Waals surface area contributed by atoms with Gasteiger partial charge in [0, 0.05) is 24.5 Å². The highest BCUT2D eigenvalue weighted by atomic mass is 32.1. The molecule has 0 bridgehead atoms. The highest BCUT2D eigenvalue weighted by Crippen LogP contribution is 2.22. The number of benzene rings is 1. The van der Waals surface area contributed by atoms with Gasteiger partial charge in [0.1, 0.15) is 5.00 Å². The lowest BCUT2D eigenvalue weighted by molar-refractivity contribution is -0.119. The fraction of sp³-hybridized carbons (Fsp3) is 0.350. The molecular formula is C20H25N5O4S. The summed E-state index contributed by atoms with van der Waals surface area (Å²) in [6.45, 7) is 3.19. The Balaban J connectivity index is 1.45. The molecule has 1 aromatic heterocycles. The van der Waals surface area contributed by atoms with Gasteiger partial charge in [0.15, 0.2) is 0 Å². The van der Waals surface area contributed by atoms with E-state index in [9.17, 15) is 14.4 Å². The summed E-state index contributed by atoms with van der Waals surface area (Å²) in [7, 11) is 1.67. The molecule has 1 aromatic carbocycles. The van der Waals surface area contributed by atoms with Crippen LogP contribution in [-0.4, -0.2) is 69.1 Å². The first-order valence-corrected chi connectivity index (χ1v) is 10.4. The number of primary amides is 1. The number of anilines is 3. The lowest BCUT2D eigenvalue weighted by atomic mass is 10.2. The third-order valence-electron chi connectivity index (χ3n) is 4.54. The van der Waals surface area contributed by atoms with Crippen molar-refractivity contribution in [2.24, 2.45) is 5.73 Å². The van der Waals surface area contributed by atoms with Crippen LogP contribution in [0.4, 0.5) is 16.4 Å². The molecule has 3 amide bonds. The molecule has 0 radical (unpaired) electrons. The maximum atomic E-state index is 12.3. The first-order valence-electron chi connectivity index (χ1n) is 9.50. The minimum atomic E-state index is -0.598. The SMILES string of the molecule is CN(CC(=O)Nc1ccc(N2CCOCC2)cc1)CC(=O)Nc1sccc1C(N)=O. The number of rotatable bonds is 8. The van der Waals surface area contributed by atoms with Crippen molar-refractivity contribution in [3.63, 3.8) is 0 Å². The van der Waals surface area contributed by atoms with E-state index in [1.54, 1.807) is 23.4 Å². The van der Waals surface area contributed by atoms with E-state index in [2.05, 4.69) is 15.5 Å². The molecule has 3 rings (SSSR count). The molecule has 2 aromatic rings. The molecule has 4 N–H and O–H groups in total. The van der Waals surface area contributed by atoms with E-state index in [1.807, 2.05) is 24.3 Å². The Morgan fingerprint density at radius 3 is 2.33 bits per heavy atom. The van der Waals surface area contributed by atoms with E-state index in [-0.39, 0.29) is 30.5 Å². The normalized spacial score (nSPS) is 13.9. The highest BCUT2D eigenvalue weighted by molar-refractivity contribution is 7.14. The van der Waals surface area contributed by atoms with Gasteiger partial charge < -0.3 is 26.0 Å². The van der Waals surface area contributed by atoms with E-state index in [1.165, 1.54) is 11.3 Å². The van der Waals surface area contributed by atoms with Gasteiger partial charge in [-0.05, 0) is 42.8 Å². The molecule has 0 saturated carbocycles. The Labute approximate surface area is 178 Å². The van der Waals surface area contributed by atoms with Crippen LogP contribution in [0.2, 0.25) is 0 Å². The fourth-order valence-corrected chi connectivity index (χ4v) is 3.90. The molecule has 160 valence electrons. The minimum absolute atomic E-state index is 0.000505. The Kier molecular flexibility index (Phi) is 7.39. The fourth-order valence-electron chi connectivity index (χ4n) is 3.09. The number of likely N-dealkylation sites (N-methyl/N-ethyl adjacent to an activating group) is 1. The molecule has 0 spiro atoms.